The van der Waals surface area contributed by atoms with Crippen LogP contribution in [-0.2, 0) is 4.74 Å². The van der Waals surface area contributed by atoms with Crippen LogP contribution >= 0.6 is 20.8 Å². The largest absolute Gasteiger partial charge is 0.481 e. The highest BCUT2D eigenvalue weighted by molar-refractivity contribution is 7.28. The van der Waals surface area contributed by atoms with Gasteiger partial charge in [-0.1, -0.05) is 55.3 Å². The van der Waals surface area contributed by atoms with E-state index in [1.807, 2.05) is 18.3 Å². The molecular weight excluding hydrogens is 487 g/mol. The predicted octanol–water partition coefficient (Wildman–Crippen LogP) is 5.83. The Kier molecular flexibility index (Phi) is 7.62. The average molecular weight is 521 g/mol. The zero-order chi connectivity index (χ0) is 25.2. The van der Waals surface area contributed by atoms with Crippen LogP contribution in [0.25, 0.3) is 22.0 Å². The lowest BCUT2D eigenvalue weighted by atomic mass is 9.99. The summed E-state index contributed by atoms with van der Waals surface area (Å²) >= 11 is 6.65. The van der Waals surface area contributed by atoms with E-state index in [4.69, 9.17) is 26.3 Å². The third kappa shape index (κ3) is 4.89. The number of amidine groups is 1. The van der Waals surface area contributed by atoms with Crippen molar-refractivity contribution in [2.24, 2.45) is 4.99 Å². The summed E-state index contributed by atoms with van der Waals surface area (Å²) in [6, 6.07) is 13.3. The molecule has 188 valence electrons. The first-order valence-corrected chi connectivity index (χ1v) is 13.7. The van der Waals surface area contributed by atoms with Gasteiger partial charge in [0, 0.05) is 52.9 Å². The number of nitrogens with zero attached hydrogens (tertiary/aromatic N) is 3. The van der Waals surface area contributed by atoms with E-state index in [-0.39, 0.29) is 0 Å². The van der Waals surface area contributed by atoms with Crippen molar-refractivity contribution in [2.75, 3.05) is 20.2 Å². The molecule has 2 aromatic carbocycles. The number of nitrogens with one attached hydrogen (secondary N) is 1. The number of methoxy groups -OCH3 is 1. The fraction of sp³-hybridized carbons (Fsp3) is 0.379. The van der Waals surface area contributed by atoms with E-state index in [0.717, 1.165) is 75.3 Å². The Bertz CT molecular complexity index is 1320. The van der Waals surface area contributed by atoms with Crippen molar-refractivity contribution in [3.05, 3.63) is 70.7 Å². The molecule has 7 heteroatoms. The molecule has 0 radical (unpaired) electrons. The van der Waals surface area contributed by atoms with Crippen LogP contribution in [0, 0.1) is 6.92 Å². The van der Waals surface area contributed by atoms with Crippen molar-refractivity contribution in [3.8, 4) is 11.3 Å². The van der Waals surface area contributed by atoms with Gasteiger partial charge in [0.1, 0.15) is 5.84 Å². The van der Waals surface area contributed by atoms with E-state index in [0.29, 0.717) is 18.0 Å². The molecule has 1 N–H and O–H groups in total. The van der Waals surface area contributed by atoms with E-state index in [9.17, 15) is 0 Å². The van der Waals surface area contributed by atoms with Crippen LogP contribution in [0.5, 0.6) is 0 Å². The highest BCUT2D eigenvalue weighted by Crippen LogP contribution is 2.34. The zero-order valence-electron chi connectivity index (χ0n) is 21.2. The van der Waals surface area contributed by atoms with E-state index >= 15 is 0 Å². The SMILES string of the molecule is CCC/C=C(/N=C(\c1cnc(-c2cccc3cccc(Cl)c23)c(P)c1C)N1CC2CCC(C1)N2)OC. The minimum absolute atomic E-state index is 0.500. The van der Waals surface area contributed by atoms with Crippen LogP contribution in [0.2, 0.25) is 5.02 Å². The van der Waals surface area contributed by atoms with Crippen LogP contribution in [0.1, 0.15) is 43.7 Å². The maximum Gasteiger partial charge on any atom is 0.210 e. The number of aromatic nitrogens is 1. The quantitative estimate of drug-likeness (QED) is 0.192. The Hall–Kier alpha value is -2.46. The van der Waals surface area contributed by atoms with Gasteiger partial charge in [-0.05, 0) is 54.6 Å². The molecule has 3 aromatic rings. The lowest BCUT2D eigenvalue weighted by Gasteiger charge is -2.35. The Morgan fingerprint density at radius 2 is 1.94 bits per heavy atom. The molecule has 0 aliphatic carbocycles. The first-order chi connectivity index (χ1) is 17.5. The number of aliphatic imine (C=N–C) groups is 1. The number of piperazine rings is 1. The minimum atomic E-state index is 0.500. The summed E-state index contributed by atoms with van der Waals surface area (Å²) in [4.78, 5) is 12.5. The number of ether oxygens (including phenoxy) is 1. The van der Waals surface area contributed by atoms with Crippen LogP contribution in [0.3, 0.4) is 0 Å². The number of likely N-dealkylation sites (tertiary alicyclic amines) is 1. The summed E-state index contributed by atoms with van der Waals surface area (Å²) < 4.78 is 5.68. The molecule has 2 fully saturated rings. The number of rotatable bonds is 6. The molecule has 5 rings (SSSR count). The van der Waals surface area contributed by atoms with Crippen LogP contribution in [-0.4, -0.2) is 48.0 Å². The molecule has 2 bridgehead atoms. The van der Waals surface area contributed by atoms with Gasteiger partial charge < -0.3 is 15.0 Å². The maximum absolute atomic E-state index is 6.65. The van der Waals surface area contributed by atoms with Crippen LogP contribution in [0.4, 0.5) is 0 Å². The van der Waals surface area contributed by atoms with Gasteiger partial charge in [0.25, 0.3) is 0 Å². The zero-order valence-corrected chi connectivity index (χ0v) is 23.1. The number of fused-ring (bicyclic) bond motifs is 3. The van der Waals surface area contributed by atoms with Gasteiger partial charge in [-0.25, -0.2) is 0 Å². The third-order valence-electron chi connectivity index (χ3n) is 7.28. The number of allylic oxidation sites excluding steroid dienone is 1. The van der Waals surface area contributed by atoms with Crippen LogP contribution < -0.4 is 10.6 Å². The smallest absolute Gasteiger partial charge is 0.210 e. The first-order valence-electron chi connectivity index (χ1n) is 12.8. The fourth-order valence-electron chi connectivity index (χ4n) is 5.37. The second-order valence-corrected chi connectivity index (χ2v) is 10.7. The summed E-state index contributed by atoms with van der Waals surface area (Å²) in [6.45, 7) is 6.19. The number of unbranched alkanes of at least 4 members (excludes halogenated alkanes) is 1. The fourth-order valence-corrected chi connectivity index (χ4v) is 6.04. The Morgan fingerprint density at radius 3 is 2.64 bits per heavy atom. The summed E-state index contributed by atoms with van der Waals surface area (Å²) in [5.41, 5.74) is 4.14. The Morgan fingerprint density at radius 1 is 1.22 bits per heavy atom. The van der Waals surface area contributed by atoms with E-state index < -0.39 is 0 Å². The van der Waals surface area contributed by atoms with Crippen molar-refractivity contribution in [2.45, 2.75) is 51.6 Å². The molecule has 1 aromatic heterocycles. The normalized spacial score (nSPS) is 20.3. The second kappa shape index (κ2) is 10.9. The average Bonchev–Trinajstić information content (AvgIpc) is 3.23. The minimum Gasteiger partial charge on any atom is -0.481 e. The second-order valence-electron chi connectivity index (χ2n) is 9.72. The number of hydrogen-bond acceptors (Lipinski definition) is 4. The molecule has 2 saturated heterocycles. The monoisotopic (exact) mass is 520 g/mol. The third-order valence-corrected chi connectivity index (χ3v) is 8.31. The van der Waals surface area contributed by atoms with Crippen molar-refractivity contribution in [3.63, 3.8) is 0 Å². The molecule has 0 amide bonds. The summed E-state index contributed by atoms with van der Waals surface area (Å²) in [6.07, 6.45) is 8.46. The summed E-state index contributed by atoms with van der Waals surface area (Å²) in [5.74, 6) is 1.60. The van der Waals surface area contributed by atoms with E-state index in [2.05, 4.69) is 63.6 Å². The molecule has 0 saturated carbocycles. The highest BCUT2D eigenvalue weighted by Gasteiger charge is 2.34. The summed E-state index contributed by atoms with van der Waals surface area (Å²) in [5, 5.41) is 7.66. The molecule has 3 heterocycles. The maximum atomic E-state index is 6.65. The number of hydrogen-bond donors (Lipinski definition) is 1. The standard InChI is InChI=1S/C29H34ClN4OP/c1-4-5-12-25(35-3)33-29(34-16-20-13-14-21(17-34)32-20)23-15-31-27(28(36)18(23)2)22-10-6-8-19-9-7-11-24(30)26(19)22/h6-12,15,20-21,32H,4-5,13-14,16-17,36H2,1-3H3/b25-12-,33-29+. The van der Waals surface area contributed by atoms with Gasteiger partial charge in [0.15, 0.2) is 0 Å². The van der Waals surface area contributed by atoms with E-state index in [1.54, 1.807) is 7.11 Å². The highest BCUT2D eigenvalue weighted by atomic mass is 35.5. The molecule has 2 aliphatic heterocycles. The van der Waals surface area contributed by atoms with Gasteiger partial charge in [-0.3, -0.25) is 4.98 Å². The van der Waals surface area contributed by atoms with Crippen molar-refractivity contribution >= 4 is 42.8 Å². The lowest BCUT2D eigenvalue weighted by molar-refractivity contribution is 0.273. The van der Waals surface area contributed by atoms with Gasteiger partial charge in [-0.15, -0.1) is 9.24 Å². The lowest BCUT2D eigenvalue weighted by Crippen LogP contribution is -2.53. The predicted molar refractivity (Wildman–Crippen MR) is 154 cm³/mol. The molecular formula is C29H34ClN4OP. The molecule has 36 heavy (non-hydrogen) atoms. The first kappa shape index (κ1) is 25.2. The van der Waals surface area contributed by atoms with Gasteiger partial charge in [-0.2, -0.15) is 4.99 Å². The molecule has 3 atom stereocenters. The topological polar surface area (TPSA) is 49.8 Å². The van der Waals surface area contributed by atoms with Crippen molar-refractivity contribution in [1.29, 1.82) is 0 Å². The molecule has 5 nitrogen and oxygen atoms in total. The molecule has 0 spiro atoms. The number of halogens is 1. The van der Waals surface area contributed by atoms with Gasteiger partial charge in [0.05, 0.1) is 12.8 Å². The Balaban J connectivity index is 1.62. The van der Waals surface area contributed by atoms with Gasteiger partial charge in [0.2, 0.25) is 5.88 Å². The van der Waals surface area contributed by atoms with E-state index in [1.165, 1.54) is 12.8 Å². The molecule has 2 aliphatic rings. The van der Waals surface area contributed by atoms with Crippen molar-refractivity contribution in [1.82, 2.24) is 15.2 Å². The number of benzene rings is 2. The van der Waals surface area contributed by atoms with Crippen LogP contribution in [0.15, 0.2) is 59.5 Å². The van der Waals surface area contributed by atoms with Crippen molar-refractivity contribution < 1.29 is 4.74 Å². The number of pyridine rings is 1. The van der Waals surface area contributed by atoms with Gasteiger partial charge >= 0.3 is 0 Å². The Labute approximate surface area is 221 Å². The summed E-state index contributed by atoms with van der Waals surface area (Å²) in [7, 11) is 4.62. The molecule has 3 unspecified atom stereocenters.